The van der Waals surface area contributed by atoms with Crippen molar-refractivity contribution in [2.45, 2.75) is 0 Å². The Morgan fingerprint density at radius 2 is 0.671 bits per heavy atom. The van der Waals surface area contributed by atoms with Gasteiger partial charge in [-0.05, 0) is 78.9 Å². The fraction of sp³-hybridized carbons (Fsp3) is 0. The van der Waals surface area contributed by atoms with Gasteiger partial charge in [0, 0.05) is 48.5 Å². The maximum absolute atomic E-state index is 12.3. The van der Waals surface area contributed by atoms with Gasteiger partial charge in [-0.25, -0.2) is 0 Å². The van der Waals surface area contributed by atoms with Crippen LogP contribution < -0.4 is 0 Å². The molecule has 0 unspecified atom stereocenters. The van der Waals surface area contributed by atoms with Crippen molar-refractivity contribution in [3.8, 4) is 29.2 Å². The van der Waals surface area contributed by atoms with Crippen LogP contribution in [0.2, 0.25) is 0 Å². The van der Waals surface area contributed by atoms with E-state index >= 15 is 0 Å². The molecule has 8 heteroatoms. The number of hydrogen-bond acceptors (Lipinski definition) is 5. The molecule has 322 valence electrons. The summed E-state index contributed by atoms with van der Waals surface area (Å²) in [5.74, 6) is 0. The average Bonchev–Trinajstić information content (AvgIpc) is 4.26. The number of hydrogen-bond donors (Lipinski definition) is 0. The Morgan fingerprint density at radius 1 is 0.314 bits per heavy atom. The van der Waals surface area contributed by atoms with Crippen molar-refractivity contribution in [1.82, 2.24) is 13.7 Å². The molecule has 0 saturated heterocycles. The van der Waals surface area contributed by atoms with Gasteiger partial charge >= 0.3 is 0 Å². The number of nitrogens with zero attached hydrogens (tertiary/aromatic N) is 5. The van der Waals surface area contributed by atoms with E-state index in [-0.39, 0.29) is 0 Å². The maximum Gasteiger partial charge on any atom is 0.137 e. The molecule has 8 nitrogen and oxygen atoms in total. The molecule has 6 heterocycles. The molecule has 70 heavy (non-hydrogen) atoms. The van der Waals surface area contributed by atoms with Crippen LogP contribution in [0.15, 0.2) is 201 Å². The highest BCUT2D eigenvalue weighted by molar-refractivity contribution is 6.28. The molecule has 0 atom stereocenters. The van der Waals surface area contributed by atoms with E-state index < -0.39 is 0 Å². The van der Waals surface area contributed by atoms with E-state index in [2.05, 4.69) is 111 Å². The van der Waals surface area contributed by atoms with Crippen LogP contribution in [0, 0.1) is 22.7 Å². The molecule has 0 fully saturated rings. The highest BCUT2D eigenvalue weighted by atomic mass is 16.3. The average molecular weight is 894 g/mol. The quantitative estimate of drug-likeness (QED) is 0.176. The molecule has 0 saturated carbocycles. The number of rotatable bonds is 3. The summed E-state index contributed by atoms with van der Waals surface area (Å²) in [6.07, 6.45) is 0. The predicted molar refractivity (Wildman–Crippen MR) is 281 cm³/mol. The Bertz CT molecular complexity index is 5110. The number of aromatic nitrogens is 3. The molecule has 16 aromatic rings. The lowest BCUT2D eigenvalue weighted by atomic mass is 10.0. The Labute approximate surface area is 395 Å². The minimum atomic E-state index is 0.377. The summed E-state index contributed by atoms with van der Waals surface area (Å²) in [5.41, 5.74) is 12.2. The zero-order valence-electron chi connectivity index (χ0n) is 36.9. The van der Waals surface area contributed by atoms with Gasteiger partial charge in [-0.2, -0.15) is 10.5 Å². The fourth-order valence-corrected chi connectivity index (χ4v) is 12.0. The van der Waals surface area contributed by atoms with Gasteiger partial charge in [0.05, 0.1) is 71.9 Å². The van der Waals surface area contributed by atoms with Gasteiger partial charge in [-0.1, -0.05) is 109 Å². The van der Waals surface area contributed by atoms with Crippen LogP contribution in [0.25, 0.3) is 148 Å². The molecule has 0 radical (unpaired) electrons. The highest BCUT2D eigenvalue weighted by Crippen LogP contribution is 2.49. The van der Waals surface area contributed by atoms with Gasteiger partial charge in [-0.15, -0.1) is 0 Å². The summed E-state index contributed by atoms with van der Waals surface area (Å²) in [6, 6.07) is 69.3. The van der Waals surface area contributed by atoms with Crippen molar-refractivity contribution in [3.05, 3.63) is 199 Å². The van der Waals surface area contributed by atoms with Crippen molar-refractivity contribution in [2.75, 3.05) is 0 Å². The first kappa shape index (κ1) is 37.1. The molecule has 0 aliphatic rings. The highest BCUT2D eigenvalue weighted by Gasteiger charge is 2.32. The Balaban J connectivity index is 1.20. The second kappa shape index (κ2) is 13.3. The molecule has 0 aliphatic carbocycles. The topological polar surface area (TPSA) is 102 Å². The second-order valence-electron chi connectivity index (χ2n) is 18.1. The monoisotopic (exact) mass is 893 g/mol. The molecule has 16 rings (SSSR count). The van der Waals surface area contributed by atoms with Crippen LogP contribution in [-0.2, 0) is 0 Å². The van der Waals surface area contributed by atoms with E-state index in [9.17, 15) is 10.5 Å². The first-order chi connectivity index (χ1) is 34.7. The smallest absolute Gasteiger partial charge is 0.137 e. The molecule has 6 aromatic heterocycles. The fourth-order valence-electron chi connectivity index (χ4n) is 12.0. The van der Waals surface area contributed by atoms with Crippen molar-refractivity contribution < 1.29 is 13.3 Å². The van der Waals surface area contributed by atoms with Crippen LogP contribution in [0.5, 0.6) is 0 Å². The van der Waals surface area contributed by atoms with E-state index in [1.54, 1.807) is 0 Å². The number of fused-ring (bicyclic) bond motifs is 21. The molecule has 0 aliphatic heterocycles. The van der Waals surface area contributed by atoms with E-state index in [0.29, 0.717) is 28.2 Å². The van der Waals surface area contributed by atoms with Crippen molar-refractivity contribution in [3.63, 3.8) is 0 Å². The molecule has 0 spiro atoms. The molecule has 0 bridgehead atoms. The zero-order chi connectivity index (χ0) is 45.9. The third kappa shape index (κ3) is 4.57. The van der Waals surface area contributed by atoms with Gasteiger partial charge < -0.3 is 27.0 Å². The van der Waals surface area contributed by atoms with Gasteiger partial charge in [0.1, 0.15) is 51.2 Å². The lowest BCUT2D eigenvalue weighted by molar-refractivity contribution is 0.668. The summed E-state index contributed by atoms with van der Waals surface area (Å²) < 4.78 is 26.4. The lowest BCUT2D eigenvalue weighted by Crippen LogP contribution is -2.12. The van der Waals surface area contributed by atoms with Crippen LogP contribution in [0.4, 0.5) is 0 Å². The standard InChI is InChI=1S/C62H31N5O3/c63-32-34-31-48(65-45-19-7-1-13-35(45)38-25-28-52-55(59(38)65)41-16-4-10-22-49(41)68-52)44(33-64)62(67-47-21-9-3-15-37(47)40-27-30-54-57(61(40)67)43-18-6-12-24-51(43)70-54)58(34)66-46-20-8-2-14-36(46)39-26-29-53-56(60(39)66)42-17-5-11-23-50(42)69-53/h1-31H. The number of benzene rings is 10. The second-order valence-corrected chi connectivity index (χ2v) is 18.1. The molecular weight excluding hydrogens is 863 g/mol. The third-order valence-electron chi connectivity index (χ3n) is 14.7. The van der Waals surface area contributed by atoms with E-state index in [4.69, 9.17) is 13.3 Å². The van der Waals surface area contributed by atoms with Gasteiger partial charge in [0.15, 0.2) is 0 Å². The normalized spacial score (nSPS) is 12.3. The van der Waals surface area contributed by atoms with Crippen molar-refractivity contribution >= 4 is 131 Å². The summed E-state index contributed by atoms with van der Waals surface area (Å²) >= 11 is 0. The van der Waals surface area contributed by atoms with Crippen molar-refractivity contribution in [1.29, 1.82) is 10.5 Å². The van der Waals surface area contributed by atoms with E-state index in [1.165, 1.54) is 0 Å². The molecule has 0 N–H and O–H groups in total. The minimum Gasteiger partial charge on any atom is -0.456 e. The van der Waals surface area contributed by atoms with Gasteiger partial charge in [0.2, 0.25) is 0 Å². The third-order valence-corrected chi connectivity index (χ3v) is 14.7. The first-order valence-electron chi connectivity index (χ1n) is 23.2. The van der Waals surface area contributed by atoms with E-state index in [1.807, 2.05) is 103 Å². The van der Waals surface area contributed by atoms with Crippen LogP contribution in [0.1, 0.15) is 11.1 Å². The zero-order valence-corrected chi connectivity index (χ0v) is 36.9. The Morgan fingerprint density at radius 3 is 1.09 bits per heavy atom. The summed E-state index contributed by atoms with van der Waals surface area (Å²) in [5, 5.41) is 36.0. The summed E-state index contributed by atoms with van der Waals surface area (Å²) in [7, 11) is 0. The Hall–Kier alpha value is -10.0. The summed E-state index contributed by atoms with van der Waals surface area (Å²) in [6.45, 7) is 0. The molecule has 0 amide bonds. The minimum absolute atomic E-state index is 0.377. The molecule has 10 aromatic carbocycles. The first-order valence-corrected chi connectivity index (χ1v) is 23.2. The van der Waals surface area contributed by atoms with Gasteiger partial charge in [0.25, 0.3) is 0 Å². The molecular formula is C62H31N5O3. The lowest BCUT2D eigenvalue weighted by Gasteiger charge is -2.23. The number of nitriles is 2. The van der Waals surface area contributed by atoms with Crippen molar-refractivity contribution in [2.24, 2.45) is 0 Å². The summed E-state index contributed by atoms with van der Waals surface area (Å²) in [4.78, 5) is 0. The SMILES string of the molecule is N#Cc1cc(-n2c3ccccc3c3ccc4oc5ccccc5c4c32)c(C#N)c(-n2c3ccccc3c3ccc4oc5ccccc5c4c32)c1-n1c2ccccc2c2ccc3oc4ccccc4c3c21. The van der Waals surface area contributed by atoms with Crippen LogP contribution in [0.3, 0.4) is 0 Å². The number of furan rings is 3. The van der Waals surface area contributed by atoms with Crippen LogP contribution in [-0.4, -0.2) is 13.7 Å². The number of para-hydroxylation sites is 6. The predicted octanol–water partition coefficient (Wildman–Crippen LogP) is 16.4. The van der Waals surface area contributed by atoms with Gasteiger partial charge in [-0.3, -0.25) is 0 Å². The van der Waals surface area contributed by atoms with Crippen LogP contribution >= 0.6 is 0 Å². The largest absolute Gasteiger partial charge is 0.456 e. The maximum atomic E-state index is 12.3. The Kier molecular flexibility index (Phi) is 7.06. The van der Waals surface area contributed by atoms with E-state index in [0.717, 1.165) is 131 Å².